The molecule has 0 saturated heterocycles. The molecule has 0 spiro atoms. The molecule has 0 saturated carbocycles. The van der Waals surface area contributed by atoms with Gasteiger partial charge in [0.25, 0.3) is 0 Å². The molecule has 2 N–H and O–H groups in total. The fourth-order valence-corrected chi connectivity index (χ4v) is 1.10. The maximum atomic E-state index is 5.38. The Morgan fingerprint density at radius 3 is 2.86 bits per heavy atom. The summed E-state index contributed by atoms with van der Waals surface area (Å²) in [5.41, 5.74) is 6.31. The van der Waals surface area contributed by atoms with E-state index in [4.69, 9.17) is 5.73 Å². The summed E-state index contributed by atoms with van der Waals surface area (Å²) in [4.78, 5) is 11.9. The number of nitrogen functional groups attached to an aromatic ring is 1. The molecule has 72 valence electrons. The molecule has 0 atom stereocenters. The van der Waals surface area contributed by atoms with Crippen LogP contribution in [0.15, 0.2) is 24.9 Å². The van der Waals surface area contributed by atoms with Crippen molar-refractivity contribution >= 4 is 5.95 Å². The van der Waals surface area contributed by atoms with E-state index < -0.39 is 0 Å². The first-order valence-electron chi connectivity index (χ1n) is 4.24. The van der Waals surface area contributed by atoms with Crippen molar-refractivity contribution in [3.05, 3.63) is 30.6 Å². The van der Waals surface area contributed by atoms with Crippen molar-refractivity contribution in [3.8, 4) is 0 Å². The lowest BCUT2D eigenvalue weighted by atomic mass is 10.3. The number of hydrogen-bond donors (Lipinski definition) is 1. The van der Waals surface area contributed by atoms with Crippen LogP contribution >= 0.6 is 0 Å². The molecule has 0 unspecified atom stereocenters. The molecule has 0 aromatic carbocycles. The Labute approximate surface area is 80.8 Å². The highest BCUT2D eigenvalue weighted by Gasteiger charge is 1.97. The summed E-state index contributed by atoms with van der Waals surface area (Å²) in [7, 11) is 0. The van der Waals surface area contributed by atoms with Crippen LogP contribution in [0, 0.1) is 0 Å². The highest BCUT2D eigenvalue weighted by molar-refractivity contribution is 5.09. The molecular weight excluding hydrogens is 180 g/mol. The number of aryl methyl sites for hydroxylation is 2. The van der Waals surface area contributed by atoms with E-state index in [0.717, 1.165) is 12.1 Å². The molecule has 0 amide bonds. The van der Waals surface area contributed by atoms with Crippen molar-refractivity contribution in [2.75, 3.05) is 5.73 Å². The maximum Gasteiger partial charge on any atom is 0.239 e. The standard InChI is InChI=1S/C8H10N6/c9-8-12-6-14(13-8)4-1-7-5-10-2-3-11-7/h2-3,5-6H,1,4H2,(H2,9,13). The quantitative estimate of drug-likeness (QED) is 0.730. The average molecular weight is 190 g/mol. The molecule has 6 nitrogen and oxygen atoms in total. The predicted molar refractivity (Wildman–Crippen MR) is 50.2 cm³/mol. The molecule has 6 heteroatoms. The predicted octanol–water partition coefficient (Wildman–Crippen LogP) is -0.107. The second-order valence-electron chi connectivity index (χ2n) is 2.81. The summed E-state index contributed by atoms with van der Waals surface area (Å²) >= 11 is 0. The van der Waals surface area contributed by atoms with Crippen LogP contribution in [-0.2, 0) is 13.0 Å². The van der Waals surface area contributed by atoms with Crippen LogP contribution in [0.3, 0.4) is 0 Å². The molecule has 0 aliphatic heterocycles. The molecule has 0 aliphatic rings. The van der Waals surface area contributed by atoms with Gasteiger partial charge in [-0.25, -0.2) is 4.98 Å². The lowest BCUT2D eigenvalue weighted by molar-refractivity contribution is 0.607. The highest BCUT2D eigenvalue weighted by atomic mass is 15.3. The largest absolute Gasteiger partial charge is 0.367 e. The Morgan fingerprint density at radius 2 is 2.21 bits per heavy atom. The fourth-order valence-electron chi connectivity index (χ4n) is 1.10. The topological polar surface area (TPSA) is 82.5 Å². The van der Waals surface area contributed by atoms with Gasteiger partial charge in [-0.05, 0) is 0 Å². The monoisotopic (exact) mass is 190 g/mol. The number of anilines is 1. The Balaban J connectivity index is 1.95. The number of aromatic nitrogens is 5. The smallest absolute Gasteiger partial charge is 0.239 e. The van der Waals surface area contributed by atoms with Crippen molar-refractivity contribution in [2.45, 2.75) is 13.0 Å². The van der Waals surface area contributed by atoms with Crippen molar-refractivity contribution in [2.24, 2.45) is 0 Å². The molecule has 2 aromatic heterocycles. The van der Waals surface area contributed by atoms with Crippen LogP contribution in [0.1, 0.15) is 5.69 Å². The summed E-state index contributed by atoms with van der Waals surface area (Å²) in [5.74, 6) is 0.296. The molecular formula is C8H10N6. The van der Waals surface area contributed by atoms with E-state index >= 15 is 0 Å². The first kappa shape index (κ1) is 8.61. The van der Waals surface area contributed by atoms with Crippen LogP contribution in [0.5, 0.6) is 0 Å². The molecule has 0 fully saturated rings. The van der Waals surface area contributed by atoms with E-state index in [1.807, 2.05) is 0 Å². The van der Waals surface area contributed by atoms with E-state index in [1.165, 1.54) is 0 Å². The lowest BCUT2D eigenvalue weighted by Gasteiger charge is -1.98. The minimum Gasteiger partial charge on any atom is -0.367 e. The first-order chi connectivity index (χ1) is 6.84. The summed E-state index contributed by atoms with van der Waals surface area (Å²) < 4.78 is 1.68. The van der Waals surface area contributed by atoms with Gasteiger partial charge in [-0.2, -0.15) is 0 Å². The molecule has 0 aliphatic carbocycles. The third-order valence-electron chi connectivity index (χ3n) is 1.77. The molecule has 2 aromatic rings. The van der Waals surface area contributed by atoms with Crippen molar-refractivity contribution in [1.82, 2.24) is 24.7 Å². The van der Waals surface area contributed by atoms with Gasteiger partial charge in [0, 0.05) is 31.6 Å². The van der Waals surface area contributed by atoms with Crippen LogP contribution < -0.4 is 5.73 Å². The van der Waals surface area contributed by atoms with Crippen molar-refractivity contribution < 1.29 is 0 Å². The SMILES string of the molecule is Nc1ncn(CCc2cnccn2)n1. The maximum absolute atomic E-state index is 5.38. The van der Waals surface area contributed by atoms with E-state index in [9.17, 15) is 0 Å². The fraction of sp³-hybridized carbons (Fsp3) is 0.250. The van der Waals surface area contributed by atoms with Crippen molar-refractivity contribution in [1.29, 1.82) is 0 Å². The zero-order valence-corrected chi connectivity index (χ0v) is 7.54. The summed E-state index contributed by atoms with van der Waals surface area (Å²) in [6.07, 6.45) is 7.44. The van der Waals surface area contributed by atoms with Gasteiger partial charge in [-0.15, -0.1) is 5.10 Å². The Kier molecular flexibility index (Phi) is 2.35. The van der Waals surface area contributed by atoms with Crippen molar-refractivity contribution in [3.63, 3.8) is 0 Å². The number of hydrogen-bond acceptors (Lipinski definition) is 5. The van der Waals surface area contributed by atoms with Gasteiger partial charge >= 0.3 is 0 Å². The lowest BCUT2D eigenvalue weighted by Crippen LogP contribution is -2.03. The third kappa shape index (κ3) is 2.03. The Morgan fingerprint density at radius 1 is 1.29 bits per heavy atom. The van der Waals surface area contributed by atoms with Gasteiger partial charge in [0.05, 0.1) is 5.69 Å². The van der Waals surface area contributed by atoms with E-state index in [2.05, 4.69) is 20.1 Å². The van der Waals surface area contributed by atoms with Gasteiger partial charge in [-0.1, -0.05) is 0 Å². The zero-order valence-electron chi connectivity index (χ0n) is 7.54. The number of nitrogens with two attached hydrogens (primary N) is 1. The Bertz CT molecular complexity index is 395. The second kappa shape index (κ2) is 3.82. The first-order valence-corrected chi connectivity index (χ1v) is 4.24. The molecule has 0 radical (unpaired) electrons. The minimum absolute atomic E-state index is 0.296. The summed E-state index contributed by atoms with van der Waals surface area (Å²) in [6.45, 7) is 0.711. The molecule has 0 bridgehead atoms. The minimum atomic E-state index is 0.296. The average Bonchev–Trinajstić information content (AvgIpc) is 2.63. The second-order valence-corrected chi connectivity index (χ2v) is 2.81. The molecule has 2 heterocycles. The van der Waals surface area contributed by atoms with Gasteiger partial charge in [-0.3, -0.25) is 14.6 Å². The van der Waals surface area contributed by atoms with Crippen LogP contribution in [0.4, 0.5) is 5.95 Å². The van der Waals surface area contributed by atoms with Crippen LogP contribution in [-0.4, -0.2) is 24.7 Å². The Hall–Kier alpha value is -1.98. The van der Waals surface area contributed by atoms with E-state index in [-0.39, 0.29) is 0 Å². The van der Waals surface area contributed by atoms with Gasteiger partial charge in [0.2, 0.25) is 5.95 Å². The third-order valence-corrected chi connectivity index (χ3v) is 1.77. The highest BCUT2D eigenvalue weighted by Crippen LogP contribution is 1.96. The summed E-state index contributed by atoms with van der Waals surface area (Å²) in [6, 6.07) is 0. The number of rotatable bonds is 3. The van der Waals surface area contributed by atoms with Gasteiger partial charge < -0.3 is 5.73 Å². The van der Waals surface area contributed by atoms with E-state index in [0.29, 0.717) is 12.5 Å². The molecule has 2 rings (SSSR count). The van der Waals surface area contributed by atoms with Crippen LogP contribution in [0.2, 0.25) is 0 Å². The van der Waals surface area contributed by atoms with Crippen LogP contribution in [0.25, 0.3) is 0 Å². The van der Waals surface area contributed by atoms with Gasteiger partial charge in [0.15, 0.2) is 0 Å². The normalized spacial score (nSPS) is 10.3. The van der Waals surface area contributed by atoms with E-state index in [1.54, 1.807) is 29.6 Å². The van der Waals surface area contributed by atoms with Gasteiger partial charge in [0.1, 0.15) is 6.33 Å². The number of nitrogens with zero attached hydrogens (tertiary/aromatic N) is 5. The molecule has 14 heavy (non-hydrogen) atoms. The summed E-state index contributed by atoms with van der Waals surface area (Å²) in [5, 5.41) is 3.96. The zero-order chi connectivity index (χ0) is 9.80.